The smallest absolute Gasteiger partial charge is 0.278 e. The van der Waals surface area contributed by atoms with Crippen LogP contribution in [0.15, 0.2) is 4.52 Å². The van der Waals surface area contributed by atoms with Crippen molar-refractivity contribution >= 4 is 12.4 Å². The summed E-state index contributed by atoms with van der Waals surface area (Å²) in [4.78, 5) is 4.36. The van der Waals surface area contributed by atoms with E-state index < -0.39 is 0 Å². The van der Waals surface area contributed by atoms with Crippen LogP contribution in [0.25, 0.3) is 11.6 Å². The summed E-state index contributed by atoms with van der Waals surface area (Å²) < 4.78 is 5.24. The van der Waals surface area contributed by atoms with Crippen LogP contribution in [0.4, 0.5) is 0 Å². The fourth-order valence-corrected chi connectivity index (χ4v) is 2.00. The lowest BCUT2D eigenvalue weighted by molar-refractivity contribution is 0.229. The third kappa shape index (κ3) is 1.81. The van der Waals surface area contributed by atoms with Gasteiger partial charge in [0.25, 0.3) is 5.89 Å². The molecule has 0 unspecified atom stereocenters. The Labute approximate surface area is 111 Å². The second-order valence-corrected chi connectivity index (χ2v) is 4.76. The molecule has 98 valence electrons. The topological polar surface area (TPSA) is 93.6 Å². The molecule has 18 heavy (non-hydrogen) atoms. The minimum absolute atomic E-state index is 0. The van der Waals surface area contributed by atoms with Crippen molar-refractivity contribution in [3.63, 3.8) is 0 Å². The number of aryl methyl sites for hydroxylation is 1. The van der Waals surface area contributed by atoms with Gasteiger partial charge in [-0.15, -0.1) is 12.4 Å². The van der Waals surface area contributed by atoms with E-state index in [2.05, 4.69) is 20.3 Å². The molecule has 6 nitrogen and oxygen atoms in total. The lowest BCUT2D eigenvalue weighted by Crippen LogP contribution is -2.44. The van der Waals surface area contributed by atoms with E-state index >= 15 is 0 Å². The molecule has 0 aliphatic heterocycles. The van der Waals surface area contributed by atoms with Gasteiger partial charge in [-0.1, -0.05) is 5.16 Å². The number of rotatable bonds is 2. The summed E-state index contributed by atoms with van der Waals surface area (Å²) in [5, 5.41) is 11.0. The van der Waals surface area contributed by atoms with Gasteiger partial charge in [-0.3, -0.25) is 5.10 Å². The van der Waals surface area contributed by atoms with Gasteiger partial charge >= 0.3 is 0 Å². The zero-order valence-electron chi connectivity index (χ0n) is 10.4. The van der Waals surface area contributed by atoms with Crippen LogP contribution < -0.4 is 5.73 Å². The van der Waals surface area contributed by atoms with E-state index in [0.29, 0.717) is 17.4 Å². The van der Waals surface area contributed by atoms with Crippen LogP contribution in [-0.2, 0) is 5.54 Å². The lowest BCUT2D eigenvalue weighted by Gasteiger charge is -2.34. The summed E-state index contributed by atoms with van der Waals surface area (Å²) in [7, 11) is 0. The van der Waals surface area contributed by atoms with Gasteiger partial charge in [-0.05, 0) is 33.1 Å². The van der Waals surface area contributed by atoms with Crippen molar-refractivity contribution in [3.05, 3.63) is 17.1 Å². The Morgan fingerprint density at radius 2 is 2.06 bits per heavy atom. The largest absolute Gasteiger partial charge is 0.332 e. The minimum atomic E-state index is -0.388. The number of H-pyrrole nitrogens is 1. The van der Waals surface area contributed by atoms with Crippen LogP contribution in [0.5, 0.6) is 0 Å². The number of aromatic nitrogens is 4. The number of nitrogens with zero attached hydrogens (tertiary/aromatic N) is 3. The fourth-order valence-electron chi connectivity index (χ4n) is 2.00. The zero-order chi connectivity index (χ0) is 12.0. The Balaban J connectivity index is 0.00000120. The van der Waals surface area contributed by atoms with Crippen molar-refractivity contribution in [2.75, 3.05) is 0 Å². The van der Waals surface area contributed by atoms with Crippen molar-refractivity contribution in [2.45, 2.75) is 38.6 Å². The molecule has 0 amide bonds. The first-order valence-electron chi connectivity index (χ1n) is 5.75. The first-order valence-corrected chi connectivity index (χ1v) is 5.75. The van der Waals surface area contributed by atoms with Crippen LogP contribution in [0, 0.1) is 13.8 Å². The van der Waals surface area contributed by atoms with Crippen LogP contribution in [-0.4, -0.2) is 20.3 Å². The predicted molar refractivity (Wildman–Crippen MR) is 68.3 cm³/mol. The van der Waals surface area contributed by atoms with Crippen LogP contribution >= 0.6 is 12.4 Å². The Morgan fingerprint density at radius 3 is 2.56 bits per heavy atom. The Hall–Kier alpha value is -1.40. The molecule has 0 aromatic carbocycles. The molecule has 2 aromatic rings. The van der Waals surface area contributed by atoms with Crippen molar-refractivity contribution in [1.82, 2.24) is 20.3 Å². The minimum Gasteiger partial charge on any atom is -0.332 e. The SMILES string of the molecule is Cc1[nH]nc(-c2nc(C3(N)CCC3)no2)c1C.Cl. The van der Waals surface area contributed by atoms with Gasteiger partial charge in [0.05, 0.1) is 5.54 Å². The molecule has 0 radical (unpaired) electrons. The Kier molecular flexibility index (Phi) is 3.16. The van der Waals surface area contributed by atoms with Gasteiger partial charge in [-0.25, -0.2) is 0 Å². The molecule has 0 atom stereocenters. The summed E-state index contributed by atoms with van der Waals surface area (Å²) in [6.45, 7) is 3.93. The fraction of sp³-hybridized carbons (Fsp3) is 0.545. The summed E-state index contributed by atoms with van der Waals surface area (Å²) in [5.41, 5.74) is 8.50. The predicted octanol–water partition coefficient (Wildman–Crippen LogP) is 1.84. The highest BCUT2D eigenvalue weighted by Crippen LogP contribution is 2.37. The Bertz CT molecular complexity index is 558. The molecule has 7 heteroatoms. The third-order valence-electron chi connectivity index (χ3n) is 3.57. The van der Waals surface area contributed by atoms with E-state index in [9.17, 15) is 0 Å². The highest BCUT2D eigenvalue weighted by Gasteiger charge is 2.39. The van der Waals surface area contributed by atoms with Gasteiger partial charge in [0.2, 0.25) is 0 Å². The number of halogens is 1. The molecule has 0 spiro atoms. The van der Waals surface area contributed by atoms with Gasteiger partial charge in [0, 0.05) is 11.3 Å². The monoisotopic (exact) mass is 269 g/mol. The van der Waals surface area contributed by atoms with E-state index in [1.54, 1.807) is 0 Å². The standard InChI is InChI=1S/C11H15N5O.ClH/c1-6-7(2)14-15-8(6)9-13-10(16-17-9)11(12)4-3-5-11;/h3-5,12H2,1-2H3,(H,14,15);1H. The number of hydrogen-bond acceptors (Lipinski definition) is 5. The van der Waals surface area contributed by atoms with Crippen LogP contribution in [0.2, 0.25) is 0 Å². The molecule has 2 heterocycles. The maximum absolute atomic E-state index is 6.15. The lowest BCUT2D eigenvalue weighted by atomic mass is 9.77. The van der Waals surface area contributed by atoms with E-state index in [-0.39, 0.29) is 17.9 Å². The maximum Gasteiger partial charge on any atom is 0.278 e. The normalized spacial score (nSPS) is 17.1. The number of aromatic amines is 1. The molecule has 1 saturated carbocycles. The Morgan fingerprint density at radius 1 is 1.33 bits per heavy atom. The maximum atomic E-state index is 6.15. The number of nitrogens with two attached hydrogens (primary N) is 1. The van der Waals surface area contributed by atoms with E-state index in [1.165, 1.54) is 0 Å². The van der Waals surface area contributed by atoms with Crippen molar-refractivity contribution in [3.8, 4) is 11.6 Å². The average molecular weight is 270 g/mol. The molecular formula is C11H16ClN5O. The van der Waals surface area contributed by atoms with E-state index in [0.717, 1.165) is 30.5 Å². The zero-order valence-corrected chi connectivity index (χ0v) is 11.2. The molecule has 2 aromatic heterocycles. The van der Waals surface area contributed by atoms with E-state index in [4.69, 9.17) is 10.3 Å². The van der Waals surface area contributed by atoms with Gasteiger partial charge in [0.15, 0.2) is 11.5 Å². The van der Waals surface area contributed by atoms with Gasteiger partial charge < -0.3 is 10.3 Å². The summed E-state index contributed by atoms with van der Waals surface area (Å²) in [5.74, 6) is 1.04. The second kappa shape index (κ2) is 4.37. The molecule has 0 bridgehead atoms. The molecule has 1 aliphatic carbocycles. The molecule has 1 aliphatic rings. The summed E-state index contributed by atoms with van der Waals surface area (Å²) >= 11 is 0. The average Bonchev–Trinajstić information content (AvgIpc) is 2.85. The number of hydrogen-bond donors (Lipinski definition) is 2. The molecule has 0 saturated heterocycles. The third-order valence-corrected chi connectivity index (χ3v) is 3.57. The molecule has 1 fully saturated rings. The second-order valence-electron chi connectivity index (χ2n) is 4.76. The van der Waals surface area contributed by atoms with Crippen molar-refractivity contribution in [2.24, 2.45) is 5.73 Å². The van der Waals surface area contributed by atoms with Crippen LogP contribution in [0.1, 0.15) is 36.3 Å². The molecule has 3 N–H and O–H groups in total. The van der Waals surface area contributed by atoms with Crippen molar-refractivity contribution in [1.29, 1.82) is 0 Å². The van der Waals surface area contributed by atoms with E-state index in [1.807, 2.05) is 13.8 Å². The van der Waals surface area contributed by atoms with Gasteiger partial charge in [-0.2, -0.15) is 10.1 Å². The van der Waals surface area contributed by atoms with Crippen molar-refractivity contribution < 1.29 is 4.52 Å². The van der Waals surface area contributed by atoms with Crippen LogP contribution in [0.3, 0.4) is 0 Å². The molecular weight excluding hydrogens is 254 g/mol. The summed E-state index contributed by atoms with van der Waals surface area (Å²) in [6, 6.07) is 0. The quantitative estimate of drug-likeness (QED) is 0.867. The highest BCUT2D eigenvalue weighted by atomic mass is 35.5. The van der Waals surface area contributed by atoms with Gasteiger partial charge in [0.1, 0.15) is 0 Å². The first kappa shape index (κ1) is 13.0. The number of nitrogens with one attached hydrogen (secondary N) is 1. The first-order chi connectivity index (χ1) is 8.10. The highest BCUT2D eigenvalue weighted by molar-refractivity contribution is 5.85. The summed E-state index contributed by atoms with van der Waals surface area (Å²) in [6.07, 6.45) is 2.97. The molecule has 3 rings (SSSR count).